The molecular weight excluding hydrogens is 267 g/mol. The second-order valence-corrected chi connectivity index (χ2v) is 6.24. The lowest BCUT2D eigenvalue weighted by Crippen LogP contribution is -2.20. The van der Waals surface area contributed by atoms with E-state index >= 15 is 0 Å². The van der Waals surface area contributed by atoms with E-state index in [4.69, 9.17) is 5.73 Å². The highest BCUT2D eigenvalue weighted by Gasteiger charge is 2.15. The maximum Gasteiger partial charge on any atom is 0.233 e. The molecule has 0 heterocycles. The first-order valence-electron chi connectivity index (χ1n) is 5.83. The lowest BCUT2D eigenvalue weighted by atomic mass is 10.2. The Morgan fingerprint density at radius 2 is 2.11 bits per heavy atom. The zero-order chi connectivity index (χ0) is 14.5. The Kier molecular flexibility index (Phi) is 5.33. The van der Waals surface area contributed by atoms with Gasteiger partial charge in [0.25, 0.3) is 0 Å². The number of nitrogens with two attached hydrogens (primary N) is 1. The molecule has 0 unspecified atom stereocenters. The molecule has 6 heteroatoms. The van der Waals surface area contributed by atoms with Gasteiger partial charge in [-0.05, 0) is 24.1 Å². The molecule has 1 aromatic rings. The van der Waals surface area contributed by atoms with E-state index in [2.05, 4.69) is 16.6 Å². The fourth-order valence-electron chi connectivity index (χ4n) is 1.48. The van der Waals surface area contributed by atoms with Gasteiger partial charge in [-0.15, -0.1) is 0 Å². The number of rotatable bonds is 4. The highest BCUT2D eigenvalue weighted by Crippen LogP contribution is 2.17. The molecule has 0 fully saturated rings. The van der Waals surface area contributed by atoms with Crippen molar-refractivity contribution in [3.05, 3.63) is 29.6 Å². The quantitative estimate of drug-likeness (QED) is 0.824. The molecule has 1 rings (SSSR count). The Bertz CT molecular complexity index is 601. The van der Waals surface area contributed by atoms with Crippen LogP contribution in [0, 0.1) is 23.6 Å². The molecule has 0 amide bonds. The fraction of sp³-hybridized carbons (Fsp3) is 0.385. The molecule has 0 atom stereocenters. The van der Waals surface area contributed by atoms with Gasteiger partial charge in [0.2, 0.25) is 10.0 Å². The minimum absolute atomic E-state index is 0.0322. The van der Waals surface area contributed by atoms with Gasteiger partial charge in [0.15, 0.2) is 0 Å². The van der Waals surface area contributed by atoms with Crippen molar-refractivity contribution in [1.82, 2.24) is 0 Å². The highest BCUT2D eigenvalue weighted by molar-refractivity contribution is 7.92. The first-order chi connectivity index (χ1) is 8.84. The van der Waals surface area contributed by atoms with Gasteiger partial charge in [-0.2, -0.15) is 0 Å². The van der Waals surface area contributed by atoms with Crippen molar-refractivity contribution in [2.75, 3.05) is 17.0 Å². The third-order valence-corrected chi connectivity index (χ3v) is 3.76. The van der Waals surface area contributed by atoms with E-state index in [9.17, 15) is 12.8 Å². The van der Waals surface area contributed by atoms with E-state index in [1.54, 1.807) is 19.9 Å². The number of hydrogen-bond donors (Lipinski definition) is 2. The molecule has 1 aromatic carbocycles. The topological polar surface area (TPSA) is 72.2 Å². The van der Waals surface area contributed by atoms with Crippen LogP contribution < -0.4 is 10.5 Å². The van der Waals surface area contributed by atoms with Crippen LogP contribution in [0.25, 0.3) is 0 Å². The van der Waals surface area contributed by atoms with Crippen molar-refractivity contribution in [2.24, 2.45) is 11.7 Å². The minimum Gasteiger partial charge on any atom is -0.320 e. The van der Waals surface area contributed by atoms with Crippen molar-refractivity contribution in [3.63, 3.8) is 0 Å². The van der Waals surface area contributed by atoms with Crippen molar-refractivity contribution >= 4 is 15.7 Å². The predicted molar refractivity (Wildman–Crippen MR) is 74.6 cm³/mol. The Labute approximate surface area is 113 Å². The molecule has 0 saturated heterocycles. The summed E-state index contributed by atoms with van der Waals surface area (Å²) >= 11 is 0. The van der Waals surface area contributed by atoms with Gasteiger partial charge < -0.3 is 5.73 Å². The number of benzene rings is 1. The van der Waals surface area contributed by atoms with Gasteiger partial charge in [-0.1, -0.05) is 25.7 Å². The average Bonchev–Trinajstić information content (AvgIpc) is 2.27. The summed E-state index contributed by atoms with van der Waals surface area (Å²) in [6.07, 6.45) is 0. The molecule has 104 valence electrons. The molecule has 0 spiro atoms. The summed E-state index contributed by atoms with van der Waals surface area (Å²) in [5, 5.41) is 0. The third kappa shape index (κ3) is 5.28. The molecule has 0 aromatic heterocycles. The molecular formula is C13H17FN2O2S. The summed E-state index contributed by atoms with van der Waals surface area (Å²) in [7, 11) is -3.53. The monoisotopic (exact) mass is 284 g/mol. The van der Waals surface area contributed by atoms with Gasteiger partial charge in [-0.3, -0.25) is 4.72 Å². The number of anilines is 1. The predicted octanol–water partition coefficient (Wildman–Crippen LogP) is 1.53. The van der Waals surface area contributed by atoms with Gasteiger partial charge in [0.05, 0.1) is 18.0 Å². The number of halogens is 1. The zero-order valence-corrected chi connectivity index (χ0v) is 11.7. The van der Waals surface area contributed by atoms with Crippen molar-refractivity contribution in [3.8, 4) is 11.8 Å². The largest absolute Gasteiger partial charge is 0.320 e. The van der Waals surface area contributed by atoms with Crippen LogP contribution >= 0.6 is 0 Å². The average molecular weight is 284 g/mol. The Morgan fingerprint density at radius 3 is 2.63 bits per heavy atom. The maximum atomic E-state index is 13.7. The summed E-state index contributed by atoms with van der Waals surface area (Å²) in [5.41, 5.74) is 5.60. The lowest BCUT2D eigenvalue weighted by molar-refractivity contribution is 0.585. The van der Waals surface area contributed by atoms with Crippen LogP contribution in [0.2, 0.25) is 0 Å². The van der Waals surface area contributed by atoms with E-state index in [0.717, 1.165) is 0 Å². The SMILES string of the molecule is CC(C)CS(=O)(=O)Nc1ccc(C#CCN)cc1F. The number of hydrogen-bond acceptors (Lipinski definition) is 3. The first-order valence-corrected chi connectivity index (χ1v) is 7.48. The number of nitrogens with one attached hydrogen (secondary N) is 1. The molecule has 0 bridgehead atoms. The molecule has 0 radical (unpaired) electrons. The van der Waals surface area contributed by atoms with Crippen LogP contribution in [-0.4, -0.2) is 20.7 Å². The minimum atomic E-state index is -3.53. The Morgan fingerprint density at radius 1 is 1.42 bits per heavy atom. The molecule has 0 aliphatic carbocycles. The molecule has 3 N–H and O–H groups in total. The molecule has 0 aliphatic heterocycles. The molecule has 0 saturated carbocycles. The van der Waals surface area contributed by atoms with E-state index in [-0.39, 0.29) is 23.9 Å². The van der Waals surface area contributed by atoms with Gasteiger partial charge >= 0.3 is 0 Å². The van der Waals surface area contributed by atoms with Crippen LogP contribution in [0.4, 0.5) is 10.1 Å². The van der Waals surface area contributed by atoms with Gasteiger partial charge in [0, 0.05) is 5.56 Å². The van der Waals surface area contributed by atoms with Crippen LogP contribution in [0.15, 0.2) is 18.2 Å². The summed E-state index contributed by atoms with van der Waals surface area (Å²) in [6, 6.07) is 4.07. The zero-order valence-electron chi connectivity index (χ0n) is 10.9. The lowest BCUT2D eigenvalue weighted by Gasteiger charge is -2.10. The van der Waals surface area contributed by atoms with Crippen LogP contribution in [0.1, 0.15) is 19.4 Å². The van der Waals surface area contributed by atoms with Crippen molar-refractivity contribution in [1.29, 1.82) is 0 Å². The van der Waals surface area contributed by atoms with Crippen LogP contribution in [-0.2, 0) is 10.0 Å². The standard InChI is InChI=1S/C13H17FN2O2S/c1-10(2)9-19(17,18)16-13-6-5-11(4-3-7-15)8-12(13)14/h5-6,8,10,16H,7,9,15H2,1-2H3. The number of sulfonamides is 1. The van der Waals surface area contributed by atoms with Crippen LogP contribution in [0.5, 0.6) is 0 Å². The van der Waals surface area contributed by atoms with E-state index < -0.39 is 15.8 Å². The second-order valence-electron chi connectivity index (χ2n) is 4.48. The molecule has 4 nitrogen and oxygen atoms in total. The summed E-state index contributed by atoms with van der Waals surface area (Å²) in [4.78, 5) is 0. The molecule has 19 heavy (non-hydrogen) atoms. The van der Waals surface area contributed by atoms with Gasteiger partial charge in [0.1, 0.15) is 5.82 Å². The maximum absolute atomic E-state index is 13.7. The van der Waals surface area contributed by atoms with Crippen molar-refractivity contribution in [2.45, 2.75) is 13.8 Å². The van der Waals surface area contributed by atoms with E-state index in [1.165, 1.54) is 12.1 Å². The van der Waals surface area contributed by atoms with Gasteiger partial charge in [-0.25, -0.2) is 12.8 Å². The molecule has 0 aliphatic rings. The second kappa shape index (κ2) is 6.55. The highest BCUT2D eigenvalue weighted by atomic mass is 32.2. The fourth-order valence-corrected chi connectivity index (χ4v) is 2.94. The van der Waals surface area contributed by atoms with E-state index in [0.29, 0.717) is 5.56 Å². The van der Waals surface area contributed by atoms with Crippen molar-refractivity contribution < 1.29 is 12.8 Å². The summed E-state index contributed by atoms with van der Waals surface area (Å²) < 4.78 is 39.3. The summed E-state index contributed by atoms with van der Waals surface area (Å²) in [6.45, 7) is 3.74. The summed E-state index contributed by atoms with van der Waals surface area (Å²) in [5.74, 6) is 4.53. The van der Waals surface area contributed by atoms with Crippen LogP contribution in [0.3, 0.4) is 0 Å². The van der Waals surface area contributed by atoms with E-state index in [1.807, 2.05) is 0 Å². The smallest absolute Gasteiger partial charge is 0.233 e. The third-order valence-electron chi connectivity index (χ3n) is 2.12. The Hall–Kier alpha value is -1.58. The Balaban J connectivity index is 2.92. The normalized spacial score (nSPS) is 11.0. The first kappa shape index (κ1) is 15.5.